The lowest BCUT2D eigenvalue weighted by molar-refractivity contribution is -0.910. The topological polar surface area (TPSA) is 351 Å². The third kappa shape index (κ3) is 30.2. The van der Waals surface area contributed by atoms with Gasteiger partial charge in [0.05, 0.1) is 130 Å². The van der Waals surface area contributed by atoms with Crippen molar-refractivity contribution in [3.8, 4) is 0 Å². The molecule has 0 heterocycles. The highest BCUT2D eigenvalue weighted by molar-refractivity contribution is 7.86. The number of aliphatic hydroxyl groups is 6. The molecule has 0 aromatic rings. The van der Waals surface area contributed by atoms with Crippen LogP contribution in [0.2, 0.25) is 6.04 Å². The molecule has 0 aromatic carbocycles. The predicted octanol–water partition coefficient (Wildman–Crippen LogP) is -0.427. The second-order valence-electron chi connectivity index (χ2n) is 18.1. The van der Waals surface area contributed by atoms with Crippen molar-refractivity contribution in [2.24, 2.45) is 0 Å². The molecule has 26 heteroatoms. The van der Waals surface area contributed by atoms with Crippen LogP contribution < -0.4 is 16.0 Å². The molecule has 0 aliphatic heterocycles. The predicted molar refractivity (Wildman–Crippen MR) is 252 cm³/mol. The number of nitrogens with one attached hydrogen (secondary N) is 3. The molecule has 0 unspecified atom stereocenters. The molecule has 22 nitrogen and oxygen atoms in total. The minimum absolute atomic E-state index is 0.0489. The largest absolute Gasteiger partial charge is 0.748 e. The van der Waals surface area contributed by atoms with Crippen LogP contribution in [0.15, 0.2) is 0 Å². The van der Waals surface area contributed by atoms with Gasteiger partial charge in [0.2, 0.25) is 0 Å². The second kappa shape index (κ2) is 33.9. The molecule has 0 atom stereocenters. The Labute approximate surface area is 396 Å². The fourth-order valence-corrected chi connectivity index (χ4v) is 11.1. The van der Waals surface area contributed by atoms with Gasteiger partial charge in [-0.1, -0.05) is 78.1 Å². The van der Waals surface area contributed by atoms with E-state index in [0.717, 1.165) is 77.3 Å². The van der Waals surface area contributed by atoms with Crippen LogP contribution in [-0.2, 0) is 43.6 Å². The standard InChI is InChI=1S/C40H88N4O18S3Si/c1-4-6-8-10-12-14-16-22-44(3,23-17-15-13-11-9-7-5-2)24-18-28-66(60-35-38(29-45,30-46)41-19-25-63(51,52)53,61-36-39(31-47,32-48)42-20-26-64(54,55)56)62-37-40(33-49,34-50)43-21-27-65(57,58)59/h41-43,45-50H,4-37H2,1-3H3,(H2-,51,52,53,54,55,56,57,58,59). The summed E-state index contributed by atoms with van der Waals surface area (Å²) in [5.41, 5.74) is -5.40. The highest BCUT2D eigenvalue weighted by Crippen LogP contribution is 2.26. The zero-order valence-electron chi connectivity index (χ0n) is 39.9. The molecule has 11 N–H and O–H groups in total. The number of hydrogen-bond acceptors (Lipinski definition) is 19. The van der Waals surface area contributed by atoms with E-state index in [4.69, 9.17) is 13.3 Å². The molecule has 0 spiro atoms. The van der Waals surface area contributed by atoms with Gasteiger partial charge in [-0.25, -0.2) is 8.42 Å². The van der Waals surface area contributed by atoms with Crippen LogP contribution in [0.5, 0.6) is 0 Å². The first-order chi connectivity index (χ1) is 30.9. The quantitative estimate of drug-likeness (QED) is 0.0159. The Morgan fingerprint density at radius 2 is 0.773 bits per heavy atom. The van der Waals surface area contributed by atoms with Crippen LogP contribution in [-0.4, -0.2) is 222 Å². The van der Waals surface area contributed by atoms with Gasteiger partial charge in [-0.2, -0.15) is 16.8 Å². The average molecular weight is 1040 g/mol. The van der Waals surface area contributed by atoms with Crippen LogP contribution in [0.4, 0.5) is 0 Å². The molecule has 0 amide bonds. The summed E-state index contributed by atoms with van der Waals surface area (Å²) in [6.45, 7) is -1.83. The number of unbranched alkanes of at least 4 members (excludes halogenated alkanes) is 12. The van der Waals surface area contributed by atoms with Crippen molar-refractivity contribution in [2.75, 3.05) is 123 Å². The number of rotatable bonds is 47. The Hall–Kier alpha value is -0.573. The summed E-state index contributed by atoms with van der Waals surface area (Å²) in [5, 5.41) is 71.2. The Balaban J connectivity index is 7.24. The number of quaternary nitrogens is 1. The smallest absolute Gasteiger partial charge is 0.501 e. The number of aliphatic hydroxyl groups excluding tert-OH is 6. The second-order valence-corrected chi connectivity index (χ2v) is 25.5. The van der Waals surface area contributed by atoms with E-state index < -0.39 is 152 Å². The van der Waals surface area contributed by atoms with Crippen molar-refractivity contribution in [1.29, 1.82) is 0 Å². The normalized spacial score (nSPS) is 13.8. The van der Waals surface area contributed by atoms with Gasteiger partial charge in [-0.05, 0) is 25.7 Å². The van der Waals surface area contributed by atoms with Crippen molar-refractivity contribution in [2.45, 2.75) is 133 Å². The molecule has 0 aliphatic carbocycles. The summed E-state index contributed by atoms with van der Waals surface area (Å²) in [6, 6.07) is -0.0489. The Bertz CT molecular complexity index is 1410. The summed E-state index contributed by atoms with van der Waals surface area (Å²) in [5.74, 6) is -2.51. The fourth-order valence-electron chi connectivity index (χ4n) is 7.24. The maximum Gasteiger partial charge on any atom is 0.501 e. The molecular formula is C40H88N4O18S3Si. The fraction of sp³-hybridized carbons (Fsp3) is 1.00. The summed E-state index contributed by atoms with van der Waals surface area (Å²) in [4.78, 5) is 0. The minimum atomic E-state index is -4.73. The van der Waals surface area contributed by atoms with E-state index in [1.165, 1.54) is 25.7 Å². The van der Waals surface area contributed by atoms with E-state index in [1.54, 1.807) is 0 Å². The van der Waals surface area contributed by atoms with Gasteiger partial charge in [-0.3, -0.25) is 9.11 Å². The molecule has 0 saturated carbocycles. The first-order valence-electron chi connectivity index (χ1n) is 23.4. The summed E-state index contributed by atoms with van der Waals surface area (Å²) in [7, 11) is -16.0. The van der Waals surface area contributed by atoms with Crippen LogP contribution in [0.3, 0.4) is 0 Å². The van der Waals surface area contributed by atoms with E-state index in [0.29, 0.717) is 17.4 Å². The average Bonchev–Trinajstić information content (AvgIpc) is 3.25. The molecule has 0 saturated heterocycles. The van der Waals surface area contributed by atoms with Gasteiger partial charge in [0, 0.05) is 32.1 Å². The Morgan fingerprint density at radius 3 is 1.06 bits per heavy atom. The number of hydrogen-bond donors (Lipinski definition) is 11. The lowest BCUT2D eigenvalue weighted by Gasteiger charge is -2.41. The van der Waals surface area contributed by atoms with E-state index in [9.17, 15) is 69.6 Å². The first kappa shape index (κ1) is 65.4. The maximum absolute atomic E-state index is 11.5. The van der Waals surface area contributed by atoms with Crippen molar-refractivity contribution < 1.29 is 87.3 Å². The van der Waals surface area contributed by atoms with Crippen molar-refractivity contribution >= 4 is 39.2 Å². The first-order valence-corrected chi connectivity index (χ1v) is 30.2. The number of nitrogens with zero attached hydrogens (tertiary/aromatic N) is 1. The van der Waals surface area contributed by atoms with Crippen molar-refractivity contribution in [3.05, 3.63) is 0 Å². The lowest BCUT2D eigenvalue weighted by atomic mass is 10.0. The van der Waals surface area contributed by atoms with Crippen LogP contribution in [0.25, 0.3) is 0 Å². The SMILES string of the molecule is CCCCCCCCC[N+](C)(CCCCCCCCC)CCC[Si](OCC(CO)(CO)NCCS(=O)(=O)[O-])(OCC(CO)(CO)NCCS(=O)(=O)O)OCC(CO)(CO)NCCS(=O)(=O)O. The molecule has 0 aromatic heterocycles. The van der Waals surface area contributed by atoms with Crippen LogP contribution >= 0.6 is 0 Å². The monoisotopic (exact) mass is 1040 g/mol. The van der Waals surface area contributed by atoms with Gasteiger partial charge in [0.15, 0.2) is 0 Å². The van der Waals surface area contributed by atoms with Crippen molar-refractivity contribution in [1.82, 2.24) is 16.0 Å². The van der Waals surface area contributed by atoms with Gasteiger partial charge >= 0.3 is 8.80 Å². The summed E-state index contributed by atoms with van der Waals surface area (Å²) >= 11 is 0. The third-order valence-electron chi connectivity index (χ3n) is 11.9. The van der Waals surface area contributed by atoms with Crippen LogP contribution in [0, 0.1) is 0 Å². The maximum atomic E-state index is 11.5. The molecule has 0 radical (unpaired) electrons. The summed E-state index contributed by atoms with van der Waals surface area (Å²) < 4.78 is 119. The van der Waals surface area contributed by atoms with E-state index in [2.05, 4.69) is 36.8 Å². The zero-order valence-corrected chi connectivity index (χ0v) is 43.3. The lowest BCUT2D eigenvalue weighted by Crippen LogP contribution is -2.64. The van der Waals surface area contributed by atoms with Gasteiger partial charge in [0.25, 0.3) is 20.2 Å². The molecule has 0 rings (SSSR count). The van der Waals surface area contributed by atoms with E-state index >= 15 is 0 Å². The molecule has 0 fully saturated rings. The van der Waals surface area contributed by atoms with Crippen LogP contribution in [0.1, 0.15) is 110 Å². The Morgan fingerprint density at radius 1 is 0.485 bits per heavy atom. The summed E-state index contributed by atoms with van der Waals surface area (Å²) in [6.07, 6.45) is 16.0. The molecule has 0 bridgehead atoms. The minimum Gasteiger partial charge on any atom is -0.748 e. The zero-order chi connectivity index (χ0) is 50.3. The van der Waals surface area contributed by atoms with Crippen molar-refractivity contribution in [3.63, 3.8) is 0 Å². The van der Waals surface area contributed by atoms with Gasteiger partial charge in [-0.15, -0.1) is 0 Å². The molecule has 66 heavy (non-hydrogen) atoms. The molecule has 398 valence electrons. The molecular weight excluding hydrogens is 949 g/mol. The van der Waals surface area contributed by atoms with Gasteiger partial charge < -0.3 is 68.9 Å². The highest BCUT2D eigenvalue weighted by atomic mass is 32.2. The van der Waals surface area contributed by atoms with E-state index in [1.807, 2.05) is 0 Å². The third-order valence-corrected chi connectivity index (χ3v) is 16.7. The Kier molecular flexibility index (Phi) is 33.6. The van der Waals surface area contributed by atoms with Gasteiger partial charge in [0.1, 0.15) is 0 Å². The van der Waals surface area contributed by atoms with E-state index in [-0.39, 0.29) is 6.04 Å². The highest BCUT2D eigenvalue weighted by Gasteiger charge is 2.48. The molecule has 0 aliphatic rings.